The molecule has 0 N–H and O–H groups in total. The van der Waals surface area contributed by atoms with E-state index in [0.29, 0.717) is 36.2 Å². The Morgan fingerprint density at radius 2 is 0.839 bits per heavy atom. The number of rotatable bonds is 13. The van der Waals surface area contributed by atoms with Crippen LogP contribution < -0.4 is 9.47 Å². The van der Waals surface area contributed by atoms with Crippen molar-refractivity contribution < 1.29 is 19.1 Å². The summed E-state index contributed by atoms with van der Waals surface area (Å²) in [4.78, 5) is 41.1. The van der Waals surface area contributed by atoms with Crippen molar-refractivity contribution >= 4 is 35.6 Å². The molecule has 0 saturated heterocycles. The quantitative estimate of drug-likeness (QED) is 0.101. The Bertz CT molecular complexity index is 1990. The molecule has 0 saturated carbocycles. The van der Waals surface area contributed by atoms with Crippen LogP contribution in [0.15, 0.2) is 118 Å². The highest BCUT2D eigenvalue weighted by molar-refractivity contribution is 6.20. The largest absolute Gasteiger partial charge is 0.497 e. The number of amidine groups is 2. The van der Waals surface area contributed by atoms with Crippen LogP contribution in [0.1, 0.15) is 101 Å². The molecule has 6 rings (SSSR count). The van der Waals surface area contributed by atoms with Crippen molar-refractivity contribution in [2.75, 3.05) is 27.3 Å². The topological polar surface area (TPSA) is 83.8 Å². The molecule has 56 heavy (non-hydrogen) atoms. The predicted octanol–water partition coefficient (Wildman–Crippen LogP) is 9.82. The predicted molar refractivity (Wildman–Crippen MR) is 227 cm³/mol. The molecule has 0 atom stereocenters. The molecule has 0 unspecified atom stereocenters. The average Bonchev–Trinajstić information content (AvgIpc) is 3.66. The first kappa shape index (κ1) is 39.9. The Balaban J connectivity index is 1.13. The average molecular weight is 751 g/mol. The van der Waals surface area contributed by atoms with Gasteiger partial charge in [0.25, 0.3) is 11.8 Å². The van der Waals surface area contributed by atoms with Gasteiger partial charge < -0.3 is 9.47 Å². The second-order valence-corrected chi connectivity index (χ2v) is 16.5. The molecule has 4 aromatic carbocycles. The number of nitrogens with zero attached hydrogens (tertiary/aromatic N) is 4. The summed E-state index contributed by atoms with van der Waals surface area (Å²) in [5, 5.41) is 0. The van der Waals surface area contributed by atoms with E-state index in [0.717, 1.165) is 59.4 Å². The van der Waals surface area contributed by atoms with E-state index in [1.54, 1.807) is 14.2 Å². The Morgan fingerprint density at radius 1 is 0.500 bits per heavy atom. The van der Waals surface area contributed by atoms with Gasteiger partial charge in [-0.1, -0.05) is 127 Å². The molecule has 0 aliphatic carbocycles. The Kier molecular flexibility index (Phi) is 12.1. The first-order valence-electron chi connectivity index (χ1n) is 19.5. The van der Waals surface area contributed by atoms with Crippen molar-refractivity contribution in [1.29, 1.82) is 0 Å². The third-order valence-electron chi connectivity index (χ3n) is 10.3. The second-order valence-electron chi connectivity index (χ2n) is 16.5. The van der Waals surface area contributed by atoms with Gasteiger partial charge in [-0.2, -0.15) is 0 Å². The van der Waals surface area contributed by atoms with E-state index < -0.39 is 0 Å². The van der Waals surface area contributed by atoms with Gasteiger partial charge in [-0.05, 0) is 82.3 Å². The van der Waals surface area contributed by atoms with Crippen molar-refractivity contribution in [3.8, 4) is 11.5 Å². The minimum atomic E-state index is -0.104. The van der Waals surface area contributed by atoms with E-state index in [4.69, 9.17) is 19.5 Å². The fourth-order valence-electron chi connectivity index (χ4n) is 6.81. The molecule has 0 aromatic heterocycles. The lowest BCUT2D eigenvalue weighted by Crippen LogP contribution is -2.34. The number of carbonyl (C=O) groups is 2. The zero-order valence-corrected chi connectivity index (χ0v) is 34.1. The number of hydrogen-bond donors (Lipinski definition) is 0. The minimum Gasteiger partial charge on any atom is -0.497 e. The Labute approximate surface area is 332 Å². The van der Waals surface area contributed by atoms with Crippen LogP contribution in [0.2, 0.25) is 0 Å². The highest BCUT2D eigenvalue weighted by atomic mass is 16.5. The number of amides is 2. The van der Waals surface area contributed by atoms with Crippen molar-refractivity contribution in [3.63, 3.8) is 0 Å². The van der Waals surface area contributed by atoms with Gasteiger partial charge in [-0.25, -0.2) is 9.98 Å². The van der Waals surface area contributed by atoms with Crippen LogP contribution in [0, 0.1) is 0 Å². The molecule has 8 heteroatoms. The number of benzene rings is 4. The lowest BCUT2D eigenvalue weighted by atomic mass is 9.86. The summed E-state index contributed by atoms with van der Waals surface area (Å²) in [6, 6.07) is 32.0. The number of hydrogen-bond acceptors (Lipinski definition) is 6. The SMILES string of the molecule is COc1ccc(C=C2N=C(c3ccc(C(C)(C)C)cc3)N(CCCCCCN3C(=O)C(=Cc4ccc(OC)cc4)N=C3c3ccc(C(C)(C)C)cc3)C2=O)cc1. The maximum atomic E-state index is 13.9. The highest BCUT2D eigenvalue weighted by Gasteiger charge is 2.32. The zero-order valence-electron chi connectivity index (χ0n) is 34.1. The van der Waals surface area contributed by atoms with Gasteiger partial charge in [0.1, 0.15) is 34.6 Å². The lowest BCUT2D eigenvalue weighted by molar-refractivity contribution is -0.123. The zero-order chi connectivity index (χ0) is 40.0. The van der Waals surface area contributed by atoms with Gasteiger partial charge in [0, 0.05) is 24.2 Å². The van der Waals surface area contributed by atoms with Gasteiger partial charge in [0.2, 0.25) is 0 Å². The maximum absolute atomic E-state index is 13.9. The highest BCUT2D eigenvalue weighted by Crippen LogP contribution is 2.29. The van der Waals surface area contributed by atoms with Crippen molar-refractivity contribution in [2.45, 2.75) is 78.1 Å². The fourth-order valence-corrected chi connectivity index (χ4v) is 6.81. The number of aliphatic imine (C=N–C) groups is 2. The van der Waals surface area contributed by atoms with Crippen LogP contribution in [0.3, 0.4) is 0 Å². The van der Waals surface area contributed by atoms with Gasteiger partial charge >= 0.3 is 0 Å². The monoisotopic (exact) mass is 750 g/mol. The molecule has 0 spiro atoms. The molecule has 0 fully saturated rings. The van der Waals surface area contributed by atoms with Crippen molar-refractivity contribution in [1.82, 2.24) is 9.80 Å². The summed E-state index contributed by atoms with van der Waals surface area (Å²) in [5.41, 5.74) is 6.91. The third kappa shape index (κ3) is 9.36. The molecule has 0 radical (unpaired) electrons. The summed E-state index contributed by atoms with van der Waals surface area (Å²) < 4.78 is 10.6. The van der Waals surface area contributed by atoms with Crippen molar-refractivity contribution in [3.05, 3.63) is 142 Å². The van der Waals surface area contributed by atoms with Gasteiger partial charge in [-0.15, -0.1) is 0 Å². The summed E-state index contributed by atoms with van der Waals surface area (Å²) in [6.07, 6.45) is 7.05. The van der Waals surface area contributed by atoms with E-state index in [2.05, 4.69) is 90.1 Å². The van der Waals surface area contributed by atoms with E-state index >= 15 is 0 Å². The van der Waals surface area contributed by atoms with Crippen LogP contribution in [-0.4, -0.2) is 60.6 Å². The maximum Gasteiger partial charge on any atom is 0.278 e. The third-order valence-corrected chi connectivity index (χ3v) is 10.3. The Morgan fingerprint density at radius 3 is 1.14 bits per heavy atom. The summed E-state index contributed by atoms with van der Waals surface area (Å²) in [5.74, 6) is 2.65. The minimum absolute atomic E-state index is 0.0164. The molecular formula is C48H54N4O4. The van der Waals surface area contributed by atoms with Crippen LogP contribution in [-0.2, 0) is 20.4 Å². The first-order valence-corrected chi connectivity index (χ1v) is 19.5. The smallest absolute Gasteiger partial charge is 0.278 e. The molecule has 4 aromatic rings. The first-order chi connectivity index (χ1) is 26.7. The number of ether oxygens (including phenoxy) is 2. The molecule has 2 amide bonds. The number of methoxy groups -OCH3 is 2. The van der Waals surface area contributed by atoms with Crippen LogP contribution >= 0.6 is 0 Å². The Hall–Kier alpha value is -5.76. The fraction of sp³-hybridized carbons (Fsp3) is 0.333. The second kappa shape index (κ2) is 16.9. The number of carbonyl (C=O) groups excluding carboxylic acids is 2. The molecule has 0 bridgehead atoms. The van der Waals surface area contributed by atoms with Crippen molar-refractivity contribution in [2.24, 2.45) is 9.98 Å². The number of unbranched alkanes of at least 4 members (excludes halogenated alkanes) is 3. The summed E-state index contributed by atoms with van der Waals surface area (Å²) in [7, 11) is 3.27. The van der Waals surface area contributed by atoms with Gasteiger partial charge in [0.05, 0.1) is 14.2 Å². The van der Waals surface area contributed by atoms with E-state index in [1.165, 1.54) is 11.1 Å². The molecule has 2 aliphatic heterocycles. The van der Waals surface area contributed by atoms with E-state index in [9.17, 15) is 9.59 Å². The van der Waals surface area contributed by atoms with Crippen LogP contribution in [0.25, 0.3) is 12.2 Å². The molecule has 8 nitrogen and oxygen atoms in total. The van der Waals surface area contributed by atoms with Crippen LogP contribution in [0.4, 0.5) is 0 Å². The standard InChI is InChI=1S/C48H54N4O4/c1-47(2,3)37-21-17-35(18-22-37)43-49-41(31-33-13-25-39(55-7)26-14-33)45(53)51(43)29-11-9-10-12-30-52-44(36-19-23-38(24-20-36)48(4,5)6)50-42(46(52)54)32-34-15-27-40(56-8)28-16-34/h13-28,31-32H,9-12,29-30H2,1-8H3. The lowest BCUT2D eigenvalue weighted by Gasteiger charge is -2.22. The normalized spacial score (nSPS) is 16.2. The summed E-state index contributed by atoms with van der Waals surface area (Å²) >= 11 is 0. The molecular weight excluding hydrogens is 697 g/mol. The molecule has 2 heterocycles. The van der Waals surface area contributed by atoms with E-state index in [1.807, 2.05) is 70.5 Å². The van der Waals surface area contributed by atoms with Gasteiger partial charge in [-0.3, -0.25) is 19.4 Å². The van der Waals surface area contributed by atoms with E-state index in [-0.39, 0.29) is 22.6 Å². The summed E-state index contributed by atoms with van der Waals surface area (Å²) in [6.45, 7) is 14.2. The van der Waals surface area contributed by atoms with Gasteiger partial charge in [0.15, 0.2) is 0 Å². The molecule has 2 aliphatic rings. The molecule has 290 valence electrons. The van der Waals surface area contributed by atoms with Crippen LogP contribution in [0.5, 0.6) is 11.5 Å².